The van der Waals surface area contributed by atoms with Gasteiger partial charge in [0.2, 0.25) is 0 Å². The van der Waals surface area contributed by atoms with Crippen LogP contribution < -0.4 is 0 Å². The minimum atomic E-state index is 0.0653. The molecule has 2 nitrogen and oxygen atoms in total. The van der Waals surface area contributed by atoms with Gasteiger partial charge in [-0.3, -0.25) is 0 Å². The van der Waals surface area contributed by atoms with Gasteiger partial charge in [-0.15, -0.1) is 0 Å². The van der Waals surface area contributed by atoms with Gasteiger partial charge in [-0.1, -0.05) is 120 Å². The summed E-state index contributed by atoms with van der Waals surface area (Å²) in [5, 5.41) is 0. The highest BCUT2D eigenvalue weighted by Crippen LogP contribution is 2.28. The zero-order valence-electron chi connectivity index (χ0n) is 20.5. The molecule has 2 aromatic carbocycles. The predicted octanol–water partition coefficient (Wildman–Crippen LogP) is 8.68. The summed E-state index contributed by atoms with van der Waals surface area (Å²) in [4.78, 5) is 0. The lowest BCUT2D eigenvalue weighted by molar-refractivity contribution is -0.137. The Morgan fingerprint density at radius 3 is 1.81 bits per heavy atom. The van der Waals surface area contributed by atoms with E-state index < -0.39 is 0 Å². The Kier molecular flexibility index (Phi) is 11.3. The molecular weight excluding hydrogens is 392 g/mol. The largest absolute Gasteiger partial charge is 0.373 e. The fourth-order valence-electron chi connectivity index (χ4n) is 4.56. The molecule has 2 heteroatoms. The maximum Gasteiger partial charge on any atom is 0.106 e. The Labute approximate surface area is 196 Å². The van der Waals surface area contributed by atoms with Crippen LogP contribution in [0.3, 0.4) is 0 Å². The van der Waals surface area contributed by atoms with Crippen molar-refractivity contribution in [1.82, 2.24) is 0 Å². The van der Waals surface area contributed by atoms with Gasteiger partial charge < -0.3 is 9.47 Å². The van der Waals surface area contributed by atoms with E-state index in [1.807, 2.05) is 0 Å². The second kappa shape index (κ2) is 14.5. The van der Waals surface area contributed by atoms with E-state index >= 15 is 0 Å². The molecule has 0 N–H and O–H groups in total. The lowest BCUT2D eigenvalue weighted by Crippen LogP contribution is -2.31. The van der Waals surface area contributed by atoms with Gasteiger partial charge in [-0.2, -0.15) is 0 Å². The normalized spacial score (nSPS) is 18.7. The summed E-state index contributed by atoms with van der Waals surface area (Å²) in [5.74, 6) is 0. The highest BCUT2D eigenvalue weighted by molar-refractivity contribution is 5.64. The smallest absolute Gasteiger partial charge is 0.106 e. The van der Waals surface area contributed by atoms with E-state index in [1.54, 1.807) is 0 Å². The van der Waals surface area contributed by atoms with E-state index in [4.69, 9.17) is 9.47 Å². The third-order valence-electron chi connectivity index (χ3n) is 6.73. The summed E-state index contributed by atoms with van der Waals surface area (Å²) in [5.41, 5.74) is 5.23. The van der Waals surface area contributed by atoms with Crippen LogP contribution >= 0.6 is 0 Å². The van der Waals surface area contributed by atoms with E-state index in [-0.39, 0.29) is 12.2 Å². The lowest BCUT2D eigenvalue weighted by atomic mass is 9.99. The topological polar surface area (TPSA) is 18.5 Å². The van der Waals surface area contributed by atoms with Gasteiger partial charge in [0.15, 0.2) is 0 Å². The maximum atomic E-state index is 6.15. The Hall–Kier alpha value is -1.64. The first-order chi connectivity index (χ1) is 15.8. The third kappa shape index (κ3) is 8.37. The van der Waals surface area contributed by atoms with Gasteiger partial charge in [0.1, 0.15) is 6.10 Å². The first-order valence-electron chi connectivity index (χ1n) is 13.2. The van der Waals surface area contributed by atoms with Crippen LogP contribution in [-0.2, 0) is 15.9 Å². The average Bonchev–Trinajstić information content (AvgIpc) is 2.85. The molecule has 32 heavy (non-hydrogen) atoms. The van der Waals surface area contributed by atoms with Crippen LogP contribution in [0.1, 0.15) is 102 Å². The van der Waals surface area contributed by atoms with Gasteiger partial charge >= 0.3 is 0 Å². The van der Waals surface area contributed by atoms with E-state index in [2.05, 4.69) is 62.4 Å². The molecule has 0 radical (unpaired) electrons. The van der Waals surface area contributed by atoms with Crippen LogP contribution in [0, 0.1) is 0 Å². The molecule has 1 heterocycles. The molecule has 0 aromatic heterocycles. The summed E-state index contributed by atoms with van der Waals surface area (Å²) in [7, 11) is 0. The Morgan fingerprint density at radius 2 is 1.22 bits per heavy atom. The molecular formula is C30H44O2. The minimum Gasteiger partial charge on any atom is -0.373 e. The van der Waals surface area contributed by atoms with E-state index in [0.29, 0.717) is 6.61 Å². The second-order valence-corrected chi connectivity index (χ2v) is 9.46. The third-order valence-corrected chi connectivity index (χ3v) is 6.73. The van der Waals surface area contributed by atoms with Crippen LogP contribution in [0.5, 0.6) is 0 Å². The molecule has 2 atom stereocenters. The van der Waals surface area contributed by atoms with Crippen LogP contribution in [0.2, 0.25) is 0 Å². The fourth-order valence-corrected chi connectivity index (χ4v) is 4.56. The summed E-state index contributed by atoms with van der Waals surface area (Å²) in [6.07, 6.45) is 15.9. The quantitative estimate of drug-likeness (QED) is 0.276. The van der Waals surface area contributed by atoms with Crippen molar-refractivity contribution >= 4 is 0 Å². The van der Waals surface area contributed by atoms with Gasteiger partial charge in [0, 0.05) is 0 Å². The molecule has 176 valence electrons. The van der Waals surface area contributed by atoms with Crippen molar-refractivity contribution in [3.8, 4) is 11.1 Å². The lowest BCUT2D eigenvalue weighted by Gasteiger charge is -2.30. The molecule has 0 spiro atoms. The molecule has 0 amide bonds. The van der Waals surface area contributed by atoms with E-state index in [1.165, 1.54) is 92.9 Å². The van der Waals surface area contributed by atoms with E-state index in [0.717, 1.165) is 13.0 Å². The maximum absolute atomic E-state index is 6.15. The minimum absolute atomic E-state index is 0.0653. The predicted molar refractivity (Wildman–Crippen MR) is 136 cm³/mol. The fraction of sp³-hybridized carbons (Fsp3) is 0.600. The number of benzene rings is 2. The van der Waals surface area contributed by atoms with Crippen molar-refractivity contribution in [3.63, 3.8) is 0 Å². The highest BCUT2D eigenvalue weighted by Gasteiger charge is 2.23. The summed E-state index contributed by atoms with van der Waals surface area (Å²) in [6, 6.07) is 18.0. The highest BCUT2D eigenvalue weighted by atomic mass is 16.6. The van der Waals surface area contributed by atoms with Crippen molar-refractivity contribution < 1.29 is 9.47 Å². The van der Waals surface area contributed by atoms with Gasteiger partial charge in [-0.25, -0.2) is 0 Å². The zero-order valence-corrected chi connectivity index (χ0v) is 20.5. The van der Waals surface area contributed by atoms with Gasteiger partial charge in [0.05, 0.1) is 19.3 Å². The molecule has 0 bridgehead atoms. The zero-order chi connectivity index (χ0) is 22.4. The average molecular weight is 437 g/mol. The van der Waals surface area contributed by atoms with Crippen molar-refractivity contribution in [2.24, 2.45) is 0 Å². The molecule has 0 aliphatic carbocycles. The molecule has 2 aromatic rings. The number of hydrogen-bond donors (Lipinski definition) is 0. The standard InChI is InChI=1S/C30H44O2/c1-3-5-7-9-11-13-25-15-17-26(18-16-25)27-19-21-28(22-20-27)30-24-31-29(23-32-30)14-12-10-8-6-4-2/h15-22,29-30H,3-14,23-24H2,1-2H3/t29-,30-/m1/s1. The number of ether oxygens (including phenoxy) is 2. The van der Waals surface area contributed by atoms with E-state index in [9.17, 15) is 0 Å². The van der Waals surface area contributed by atoms with Crippen LogP contribution in [0.15, 0.2) is 48.5 Å². The SMILES string of the molecule is CCCCCCCc1ccc(-c2ccc([C@H]3CO[C@H](CCCCCCC)CO3)cc2)cc1. The van der Waals surface area contributed by atoms with Crippen molar-refractivity contribution in [2.45, 2.75) is 103 Å². The van der Waals surface area contributed by atoms with Gasteiger partial charge in [0.25, 0.3) is 0 Å². The Balaban J connectivity index is 1.41. The number of rotatable bonds is 14. The van der Waals surface area contributed by atoms with Crippen molar-refractivity contribution in [1.29, 1.82) is 0 Å². The van der Waals surface area contributed by atoms with Crippen LogP contribution in [0.4, 0.5) is 0 Å². The molecule has 0 unspecified atom stereocenters. The molecule has 3 rings (SSSR count). The number of unbranched alkanes of at least 4 members (excludes halogenated alkanes) is 8. The number of aryl methyl sites for hydroxylation is 1. The first-order valence-corrected chi connectivity index (χ1v) is 13.2. The second-order valence-electron chi connectivity index (χ2n) is 9.46. The molecule has 1 saturated heterocycles. The molecule has 1 aliphatic rings. The molecule has 1 fully saturated rings. The summed E-state index contributed by atoms with van der Waals surface area (Å²) < 4.78 is 12.3. The summed E-state index contributed by atoms with van der Waals surface area (Å²) in [6.45, 7) is 5.93. The Bertz CT molecular complexity index is 726. The summed E-state index contributed by atoms with van der Waals surface area (Å²) >= 11 is 0. The molecule has 0 saturated carbocycles. The van der Waals surface area contributed by atoms with Crippen LogP contribution in [-0.4, -0.2) is 19.3 Å². The Morgan fingerprint density at radius 1 is 0.625 bits per heavy atom. The molecule has 1 aliphatic heterocycles. The monoisotopic (exact) mass is 436 g/mol. The van der Waals surface area contributed by atoms with Gasteiger partial charge in [-0.05, 0) is 41.5 Å². The van der Waals surface area contributed by atoms with Crippen molar-refractivity contribution in [2.75, 3.05) is 13.2 Å². The van der Waals surface area contributed by atoms with Crippen LogP contribution in [0.25, 0.3) is 11.1 Å². The first kappa shape index (κ1) is 25.0. The van der Waals surface area contributed by atoms with Crippen molar-refractivity contribution in [3.05, 3.63) is 59.7 Å². The number of hydrogen-bond acceptors (Lipinski definition) is 2.